The van der Waals surface area contributed by atoms with E-state index in [1.54, 1.807) is 13.1 Å². The molecular weight excluding hydrogens is 303 g/mol. The van der Waals surface area contributed by atoms with Crippen molar-refractivity contribution >= 4 is 5.96 Å². The average Bonchev–Trinajstić information content (AvgIpc) is 3.01. The summed E-state index contributed by atoms with van der Waals surface area (Å²) in [6, 6.07) is 6.51. The second kappa shape index (κ2) is 7.21. The number of nitrogens with zero attached hydrogens (tertiary/aromatic N) is 3. The summed E-state index contributed by atoms with van der Waals surface area (Å²) < 4.78 is 13.9. The number of benzene rings is 1. The van der Waals surface area contributed by atoms with Gasteiger partial charge in [-0.3, -0.25) is 4.99 Å². The Morgan fingerprint density at radius 2 is 2.12 bits per heavy atom. The Kier molecular flexibility index (Phi) is 5.03. The summed E-state index contributed by atoms with van der Waals surface area (Å²) in [5.74, 6) is 0.543. The third kappa shape index (κ3) is 3.53. The number of nitrogens with one attached hydrogen (secondary N) is 1. The van der Waals surface area contributed by atoms with Crippen molar-refractivity contribution in [2.45, 2.75) is 45.1 Å². The molecule has 1 aliphatic heterocycles. The molecule has 24 heavy (non-hydrogen) atoms. The molecule has 1 aromatic rings. The Bertz CT molecular complexity index is 656. The third-order valence-electron chi connectivity index (χ3n) is 5.48. The summed E-state index contributed by atoms with van der Waals surface area (Å²) in [6.45, 7) is 2.41. The van der Waals surface area contributed by atoms with E-state index in [0.29, 0.717) is 23.1 Å². The first-order valence-electron chi connectivity index (χ1n) is 8.80. The zero-order valence-electron chi connectivity index (χ0n) is 14.3. The van der Waals surface area contributed by atoms with E-state index >= 15 is 0 Å². The highest BCUT2D eigenvalue weighted by molar-refractivity contribution is 5.80. The molecule has 1 N–H and O–H groups in total. The van der Waals surface area contributed by atoms with Gasteiger partial charge in [0.2, 0.25) is 0 Å². The molecular formula is C19H25FN4. The lowest BCUT2D eigenvalue weighted by Crippen LogP contribution is -2.41. The van der Waals surface area contributed by atoms with Gasteiger partial charge in [0, 0.05) is 32.2 Å². The predicted octanol–water partition coefficient (Wildman–Crippen LogP) is 3.43. The number of hydrogen-bond donors (Lipinski definition) is 1. The minimum absolute atomic E-state index is 0.290. The normalized spacial score (nSPS) is 20.2. The molecule has 0 aromatic heterocycles. The van der Waals surface area contributed by atoms with Crippen LogP contribution in [0.4, 0.5) is 4.39 Å². The first-order chi connectivity index (χ1) is 11.7. The van der Waals surface area contributed by atoms with Gasteiger partial charge >= 0.3 is 0 Å². The number of aliphatic imine (C=N–C) groups is 1. The fourth-order valence-corrected chi connectivity index (χ4v) is 4.11. The molecule has 1 saturated heterocycles. The second-order valence-corrected chi connectivity index (χ2v) is 7.05. The van der Waals surface area contributed by atoms with Gasteiger partial charge in [0.05, 0.1) is 11.6 Å². The molecule has 1 spiro atoms. The van der Waals surface area contributed by atoms with Gasteiger partial charge in [-0.2, -0.15) is 5.26 Å². The maximum Gasteiger partial charge on any atom is 0.193 e. The van der Waals surface area contributed by atoms with Crippen LogP contribution in [0, 0.1) is 22.6 Å². The zero-order valence-corrected chi connectivity index (χ0v) is 14.3. The van der Waals surface area contributed by atoms with E-state index in [2.05, 4.69) is 21.3 Å². The second-order valence-electron chi connectivity index (χ2n) is 7.05. The third-order valence-corrected chi connectivity index (χ3v) is 5.48. The SMILES string of the molecule is CN=C(NCc1cc(C#N)ccc1F)N1CCC2(CCCCC2)C1. The van der Waals surface area contributed by atoms with E-state index in [-0.39, 0.29) is 5.82 Å². The van der Waals surface area contributed by atoms with Crippen molar-refractivity contribution in [1.82, 2.24) is 10.2 Å². The molecule has 0 amide bonds. The van der Waals surface area contributed by atoms with Crippen LogP contribution in [-0.4, -0.2) is 31.0 Å². The molecule has 1 saturated carbocycles. The molecule has 1 aromatic carbocycles. The Morgan fingerprint density at radius 3 is 2.83 bits per heavy atom. The van der Waals surface area contributed by atoms with Gasteiger partial charge in [-0.15, -0.1) is 0 Å². The van der Waals surface area contributed by atoms with Gasteiger partial charge in [-0.05, 0) is 42.9 Å². The zero-order chi connectivity index (χ0) is 17.0. The van der Waals surface area contributed by atoms with Crippen LogP contribution in [0.2, 0.25) is 0 Å². The van der Waals surface area contributed by atoms with E-state index in [9.17, 15) is 4.39 Å². The molecule has 3 rings (SSSR count). The van der Waals surface area contributed by atoms with Crippen LogP contribution in [0.15, 0.2) is 23.2 Å². The number of halogens is 1. The van der Waals surface area contributed by atoms with Crippen molar-refractivity contribution < 1.29 is 4.39 Å². The Labute approximate surface area is 143 Å². The summed E-state index contributed by atoms with van der Waals surface area (Å²) >= 11 is 0. The maximum atomic E-state index is 13.9. The molecule has 0 radical (unpaired) electrons. The molecule has 5 heteroatoms. The molecule has 4 nitrogen and oxygen atoms in total. The largest absolute Gasteiger partial charge is 0.352 e. The average molecular weight is 328 g/mol. The van der Waals surface area contributed by atoms with Gasteiger partial charge < -0.3 is 10.2 Å². The highest BCUT2D eigenvalue weighted by atomic mass is 19.1. The first-order valence-corrected chi connectivity index (χ1v) is 8.80. The molecule has 0 unspecified atom stereocenters. The van der Waals surface area contributed by atoms with Crippen LogP contribution in [0.3, 0.4) is 0 Å². The van der Waals surface area contributed by atoms with Gasteiger partial charge in [-0.1, -0.05) is 19.3 Å². The summed E-state index contributed by atoms with van der Waals surface area (Å²) in [5.41, 5.74) is 1.44. The van der Waals surface area contributed by atoms with Gasteiger partial charge in [0.1, 0.15) is 5.82 Å². The minimum Gasteiger partial charge on any atom is -0.352 e. The monoisotopic (exact) mass is 328 g/mol. The topological polar surface area (TPSA) is 51.4 Å². The fourth-order valence-electron chi connectivity index (χ4n) is 4.11. The van der Waals surface area contributed by atoms with E-state index in [4.69, 9.17) is 5.26 Å². The molecule has 0 bridgehead atoms. The summed E-state index contributed by atoms with van der Waals surface area (Å²) in [4.78, 5) is 6.68. The standard InChI is InChI=1S/C19H25FN4/c1-22-18(23-13-16-11-15(12-21)5-6-17(16)20)24-10-9-19(14-24)7-3-2-4-8-19/h5-6,11H,2-4,7-10,13-14H2,1H3,(H,22,23). The molecule has 1 heterocycles. The Hall–Kier alpha value is -2.09. The predicted molar refractivity (Wildman–Crippen MR) is 93.0 cm³/mol. The number of nitriles is 1. The lowest BCUT2D eigenvalue weighted by Gasteiger charge is -2.33. The first kappa shape index (κ1) is 16.8. The molecule has 2 fully saturated rings. The number of likely N-dealkylation sites (tertiary alicyclic amines) is 1. The lowest BCUT2D eigenvalue weighted by molar-refractivity contribution is 0.203. The number of rotatable bonds is 2. The summed E-state index contributed by atoms with van der Waals surface area (Å²) in [5, 5.41) is 12.2. The van der Waals surface area contributed by atoms with Crippen molar-refractivity contribution in [2.24, 2.45) is 10.4 Å². The van der Waals surface area contributed by atoms with E-state index < -0.39 is 0 Å². The smallest absolute Gasteiger partial charge is 0.193 e. The fraction of sp³-hybridized carbons (Fsp3) is 0.579. The molecule has 0 atom stereocenters. The van der Waals surface area contributed by atoms with Crippen molar-refractivity contribution in [2.75, 3.05) is 20.1 Å². The molecule has 1 aliphatic carbocycles. The maximum absolute atomic E-state index is 13.9. The molecule has 2 aliphatic rings. The van der Waals surface area contributed by atoms with Crippen LogP contribution in [0.5, 0.6) is 0 Å². The van der Waals surface area contributed by atoms with Crippen LogP contribution in [0.1, 0.15) is 49.7 Å². The van der Waals surface area contributed by atoms with E-state index in [0.717, 1.165) is 19.0 Å². The van der Waals surface area contributed by atoms with E-state index in [1.807, 2.05) is 0 Å². The van der Waals surface area contributed by atoms with Crippen molar-refractivity contribution in [3.8, 4) is 6.07 Å². The Morgan fingerprint density at radius 1 is 1.33 bits per heavy atom. The molecule has 128 valence electrons. The van der Waals surface area contributed by atoms with Crippen LogP contribution in [-0.2, 0) is 6.54 Å². The lowest BCUT2D eigenvalue weighted by atomic mass is 9.73. The summed E-state index contributed by atoms with van der Waals surface area (Å²) in [6.07, 6.45) is 7.91. The van der Waals surface area contributed by atoms with E-state index in [1.165, 1.54) is 50.7 Å². The van der Waals surface area contributed by atoms with Crippen LogP contribution >= 0.6 is 0 Å². The highest BCUT2D eigenvalue weighted by Crippen LogP contribution is 2.43. The van der Waals surface area contributed by atoms with Crippen molar-refractivity contribution in [1.29, 1.82) is 5.26 Å². The summed E-state index contributed by atoms with van der Waals surface area (Å²) in [7, 11) is 1.77. The van der Waals surface area contributed by atoms with Crippen LogP contribution < -0.4 is 5.32 Å². The number of hydrogen-bond acceptors (Lipinski definition) is 2. The Balaban J connectivity index is 1.63. The van der Waals surface area contributed by atoms with Crippen LogP contribution in [0.25, 0.3) is 0 Å². The number of guanidine groups is 1. The minimum atomic E-state index is -0.290. The van der Waals surface area contributed by atoms with Gasteiger partial charge in [0.25, 0.3) is 0 Å². The van der Waals surface area contributed by atoms with Gasteiger partial charge in [-0.25, -0.2) is 4.39 Å². The van der Waals surface area contributed by atoms with Crippen molar-refractivity contribution in [3.05, 3.63) is 35.1 Å². The van der Waals surface area contributed by atoms with Crippen molar-refractivity contribution in [3.63, 3.8) is 0 Å². The quantitative estimate of drug-likeness (QED) is 0.668. The van der Waals surface area contributed by atoms with Gasteiger partial charge in [0.15, 0.2) is 5.96 Å². The highest BCUT2D eigenvalue weighted by Gasteiger charge is 2.39.